The molecular formula is C16H10F5N3O2S. The van der Waals surface area contributed by atoms with Gasteiger partial charge in [-0.15, -0.1) is 11.3 Å². The maximum atomic E-state index is 14.4. The Morgan fingerprint density at radius 2 is 1.93 bits per heavy atom. The number of fused-ring (bicyclic) bond motifs is 1. The lowest BCUT2D eigenvalue weighted by molar-refractivity contribution is -0.140. The van der Waals surface area contributed by atoms with Crippen molar-refractivity contribution in [3.63, 3.8) is 0 Å². The second kappa shape index (κ2) is 6.41. The molecule has 0 radical (unpaired) electrons. The minimum Gasteiger partial charge on any atom is -0.364 e. The molecule has 0 bridgehead atoms. The van der Waals surface area contributed by atoms with Crippen LogP contribution >= 0.6 is 11.3 Å². The number of nitrogens with zero attached hydrogens (tertiary/aromatic N) is 2. The molecule has 0 saturated heterocycles. The lowest BCUT2D eigenvalue weighted by atomic mass is 10.0. The van der Waals surface area contributed by atoms with Gasteiger partial charge in [0.25, 0.3) is 11.5 Å². The summed E-state index contributed by atoms with van der Waals surface area (Å²) in [6, 6.07) is 2.58. The minimum absolute atomic E-state index is 0.0740. The number of nitrogens with two attached hydrogens (primary N) is 1. The van der Waals surface area contributed by atoms with Crippen molar-refractivity contribution in [1.29, 1.82) is 0 Å². The van der Waals surface area contributed by atoms with Crippen molar-refractivity contribution in [2.24, 2.45) is 5.73 Å². The number of aromatic nitrogens is 2. The molecule has 142 valence electrons. The second-order valence-corrected chi connectivity index (χ2v) is 6.80. The van der Waals surface area contributed by atoms with Crippen molar-refractivity contribution >= 4 is 22.2 Å². The molecular weight excluding hydrogens is 393 g/mol. The van der Waals surface area contributed by atoms with Crippen LogP contribution in [-0.2, 0) is 12.6 Å². The van der Waals surface area contributed by atoms with Crippen LogP contribution in [-0.4, -0.2) is 15.3 Å². The molecule has 2 aromatic heterocycles. The Morgan fingerprint density at radius 1 is 1.26 bits per heavy atom. The van der Waals surface area contributed by atoms with Crippen LogP contribution in [0.5, 0.6) is 0 Å². The minimum atomic E-state index is -4.92. The number of benzene rings is 1. The summed E-state index contributed by atoms with van der Waals surface area (Å²) in [5.74, 6) is -3.92. The summed E-state index contributed by atoms with van der Waals surface area (Å²) in [5, 5.41) is 0. The highest BCUT2D eigenvalue weighted by Crippen LogP contribution is 2.33. The van der Waals surface area contributed by atoms with Crippen LogP contribution < -0.4 is 11.3 Å². The normalized spacial score (nSPS) is 11.9. The largest absolute Gasteiger partial charge is 0.419 e. The Bertz CT molecular complexity index is 1130. The van der Waals surface area contributed by atoms with Gasteiger partial charge in [0.1, 0.15) is 11.5 Å². The zero-order chi connectivity index (χ0) is 20.1. The second-order valence-electron chi connectivity index (χ2n) is 5.62. The van der Waals surface area contributed by atoms with E-state index in [0.29, 0.717) is 15.3 Å². The lowest BCUT2D eigenvalue weighted by Crippen LogP contribution is -2.26. The van der Waals surface area contributed by atoms with E-state index >= 15 is 0 Å². The fourth-order valence-corrected chi connectivity index (χ4v) is 3.63. The molecule has 1 aromatic carbocycles. The van der Waals surface area contributed by atoms with E-state index in [1.54, 1.807) is 0 Å². The van der Waals surface area contributed by atoms with E-state index in [2.05, 4.69) is 4.98 Å². The number of hydrogen-bond donors (Lipinski definition) is 1. The quantitative estimate of drug-likeness (QED) is 0.683. The highest BCUT2D eigenvalue weighted by atomic mass is 32.1. The molecule has 2 heterocycles. The molecule has 3 aromatic rings. The van der Waals surface area contributed by atoms with E-state index in [9.17, 15) is 31.5 Å². The first-order valence-corrected chi connectivity index (χ1v) is 8.19. The summed E-state index contributed by atoms with van der Waals surface area (Å²) in [6.45, 7) is 1.48. The van der Waals surface area contributed by atoms with E-state index in [-0.39, 0.29) is 10.7 Å². The highest BCUT2D eigenvalue weighted by Gasteiger charge is 2.35. The SMILES string of the molecule is Cc1sc2nc(Cc3cccc(C(F)(F)F)c3F)c(F)c(=O)n2c1C(N)=O. The maximum Gasteiger partial charge on any atom is 0.419 e. The van der Waals surface area contributed by atoms with E-state index in [1.807, 2.05) is 0 Å². The zero-order valence-corrected chi connectivity index (χ0v) is 14.3. The number of halogens is 5. The average Bonchev–Trinajstić information content (AvgIpc) is 2.89. The van der Waals surface area contributed by atoms with Crippen molar-refractivity contribution in [3.05, 3.63) is 67.6 Å². The molecule has 27 heavy (non-hydrogen) atoms. The summed E-state index contributed by atoms with van der Waals surface area (Å²) < 4.78 is 67.8. The maximum absolute atomic E-state index is 14.4. The molecule has 0 aliphatic heterocycles. The number of hydrogen-bond acceptors (Lipinski definition) is 4. The molecule has 2 N–H and O–H groups in total. The molecule has 0 aliphatic carbocycles. The smallest absolute Gasteiger partial charge is 0.364 e. The standard InChI is InChI=1S/C16H10F5N3O2S/c1-6-12(13(22)25)24-14(26)11(18)9(23-15(24)27-6)5-7-3-2-4-8(10(7)17)16(19,20)21/h2-4H,5H2,1H3,(H2,22,25). The molecule has 0 saturated carbocycles. The van der Waals surface area contributed by atoms with Crippen LogP contribution in [0.25, 0.3) is 4.96 Å². The third-order valence-corrected chi connectivity index (χ3v) is 4.80. The monoisotopic (exact) mass is 403 g/mol. The summed E-state index contributed by atoms with van der Waals surface area (Å²) in [4.78, 5) is 27.9. The molecule has 0 spiro atoms. The Morgan fingerprint density at radius 3 is 2.52 bits per heavy atom. The van der Waals surface area contributed by atoms with Crippen LogP contribution in [0.2, 0.25) is 0 Å². The highest BCUT2D eigenvalue weighted by molar-refractivity contribution is 7.17. The third kappa shape index (κ3) is 3.18. The summed E-state index contributed by atoms with van der Waals surface area (Å²) in [5.41, 5.74) is 1.22. The van der Waals surface area contributed by atoms with Crippen LogP contribution in [0.15, 0.2) is 23.0 Å². The molecule has 1 amide bonds. The third-order valence-electron chi connectivity index (χ3n) is 3.84. The van der Waals surface area contributed by atoms with E-state index < -0.39 is 52.5 Å². The van der Waals surface area contributed by atoms with Crippen LogP contribution in [0.3, 0.4) is 0 Å². The van der Waals surface area contributed by atoms with E-state index in [0.717, 1.165) is 23.5 Å². The van der Waals surface area contributed by atoms with Crippen molar-refractivity contribution in [3.8, 4) is 0 Å². The van der Waals surface area contributed by atoms with Gasteiger partial charge in [0.2, 0.25) is 5.82 Å². The Hall–Kier alpha value is -2.82. The molecule has 11 heteroatoms. The van der Waals surface area contributed by atoms with Crippen molar-refractivity contribution in [1.82, 2.24) is 9.38 Å². The van der Waals surface area contributed by atoms with Crippen molar-refractivity contribution < 1.29 is 26.7 Å². The number of aryl methyl sites for hydroxylation is 1. The molecule has 3 rings (SSSR count). The average molecular weight is 403 g/mol. The first-order valence-electron chi connectivity index (χ1n) is 7.37. The predicted molar refractivity (Wildman–Crippen MR) is 86.8 cm³/mol. The lowest BCUT2D eigenvalue weighted by Gasteiger charge is -2.11. The number of carbonyl (C=O) groups is 1. The number of rotatable bonds is 3. The number of thiazole rings is 1. The van der Waals surface area contributed by atoms with Gasteiger partial charge in [-0.1, -0.05) is 12.1 Å². The molecule has 0 aliphatic rings. The summed E-state index contributed by atoms with van der Waals surface area (Å²) in [6.07, 6.45) is -5.59. The molecule has 0 fully saturated rings. The molecule has 0 atom stereocenters. The Labute approximate surface area is 151 Å². The van der Waals surface area contributed by atoms with E-state index in [4.69, 9.17) is 5.73 Å². The summed E-state index contributed by atoms with van der Waals surface area (Å²) in [7, 11) is 0. The van der Waals surface area contributed by atoms with Crippen LogP contribution in [0.1, 0.15) is 32.2 Å². The van der Waals surface area contributed by atoms with Crippen molar-refractivity contribution in [2.45, 2.75) is 19.5 Å². The fourth-order valence-electron chi connectivity index (χ4n) is 2.65. The Kier molecular flexibility index (Phi) is 4.50. The molecule has 0 unspecified atom stereocenters. The number of primary amides is 1. The van der Waals surface area contributed by atoms with Crippen LogP contribution in [0, 0.1) is 18.6 Å². The van der Waals surface area contributed by atoms with Gasteiger partial charge in [-0.05, 0) is 18.6 Å². The topological polar surface area (TPSA) is 77.5 Å². The van der Waals surface area contributed by atoms with Gasteiger partial charge < -0.3 is 5.73 Å². The Balaban J connectivity index is 2.17. The zero-order valence-electron chi connectivity index (χ0n) is 13.5. The van der Waals surface area contributed by atoms with Gasteiger partial charge in [-0.25, -0.2) is 13.8 Å². The van der Waals surface area contributed by atoms with Gasteiger partial charge in [0.15, 0.2) is 4.96 Å². The number of amides is 1. The van der Waals surface area contributed by atoms with E-state index in [1.165, 1.54) is 6.92 Å². The molecule has 5 nitrogen and oxygen atoms in total. The predicted octanol–water partition coefficient (Wildman–Crippen LogP) is 3.05. The van der Waals surface area contributed by atoms with Crippen molar-refractivity contribution in [2.75, 3.05) is 0 Å². The number of carbonyl (C=O) groups excluding carboxylic acids is 1. The number of alkyl halides is 3. The van der Waals surface area contributed by atoms with Gasteiger partial charge in [0.05, 0.1) is 11.3 Å². The van der Waals surface area contributed by atoms with Crippen LogP contribution in [0.4, 0.5) is 22.0 Å². The van der Waals surface area contributed by atoms with Gasteiger partial charge in [-0.3, -0.25) is 9.59 Å². The summed E-state index contributed by atoms with van der Waals surface area (Å²) >= 11 is 0.877. The first kappa shape index (κ1) is 19.0. The van der Waals surface area contributed by atoms with Gasteiger partial charge in [0, 0.05) is 11.3 Å². The first-order chi connectivity index (χ1) is 12.5. The fraction of sp³-hybridized carbons (Fsp3) is 0.188. The van der Waals surface area contributed by atoms with Gasteiger partial charge >= 0.3 is 6.18 Å². The van der Waals surface area contributed by atoms with Gasteiger partial charge in [-0.2, -0.15) is 17.6 Å².